The van der Waals surface area contributed by atoms with Crippen LogP contribution in [0, 0.1) is 11.3 Å². The first-order valence-electron chi connectivity index (χ1n) is 11.2. The number of benzene rings is 1. The minimum Gasteiger partial charge on any atom is -0.355 e. The highest BCUT2D eigenvalue weighted by Gasteiger charge is 2.51. The van der Waals surface area contributed by atoms with Crippen LogP contribution in [0.15, 0.2) is 24.3 Å². The third-order valence-corrected chi connectivity index (χ3v) is 7.02. The van der Waals surface area contributed by atoms with Crippen LogP contribution in [0.5, 0.6) is 0 Å². The van der Waals surface area contributed by atoms with E-state index < -0.39 is 12.1 Å². The maximum absolute atomic E-state index is 13.2. The lowest BCUT2D eigenvalue weighted by atomic mass is 10.0. The van der Waals surface area contributed by atoms with Crippen molar-refractivity contribution in [2.45, 2.75) is 56.4 Å². The molecule has 4 rings (SSSR count). The van der Waals surface area contributed by atoms with Crippen molar-refractivity contribution in [2.24, 2.45) is 5.73 Å². The summed E-state index contributed by atoms with van der Waals surface area (Å²) in [5, 5.41) is 11.9. The van der Waals surface area contributed by atoms with E-state index in [0.717, 1.165) is 12.0 Å². The average molecular weight is 439 g/mol. The Balaban J connectivity index is 1.41. The van der Waals surface area contributed by atoms with Gasteiger partial charge in [0.05, 0.1) is 24.2 Å². The van der Waals surface area contributed by atoms with Crippen LogP contribution in [0.3, 0.4) is 0 Å². The fourth-order valence-corrected chi connectivity index (χ4v) is 5.35. The maximum Gasteiger partial charge on any atom is 0.251 e. The Kier molecular flexibility index (Phi) is 6.17. The average Bonchev–Trinajstić information content (AvgIpc) is 3.52. The van der Waals surface area contributed by atoms with Gasteiger partial charge >= 0.3 is 0 Å². The van der Waals surface area contributed by atoms with Crippen molar-refractivity contribution in [3.8, 4) is 6.07 Å². The molecular weight excluding hydrogens is 408 g/mol. The molecule has 5 atom stereocenters. The second kappa shape index (κ2) is 8.88. The molecule has 3 saturated heterocycles. The van der Waals surface area contributed by atoms with Crippen molar-refractivity contribution in [3.05, 3.63) is 35.4 Å². The number of nitrogens with one attached hydrogen (secondary N) is 1. The molecule has 170 valence electrons. The Morgan fingerprint density at radius 2 is 2.16 bits per heavy atom. The first kappa shape index (κ1) is 22.2. The van der Waals surface area contributed by atoms with Crippen molar-refractivity contribution < 1.29 is 14.4 Å². The predicted octanol–water partition coefficient (Wildman–Crippen LogP) is 0.234. The number of hydrogen-bond acceptors (Lipinski definition) is 6. The van der Waals surface area contributed by atoms with Crippen LogP contribution in [-0.2, 0) is 9.59 Å². The summed E-state index contributed by atoms with van der Waals surface area (Å²) < 4.78 is 0. The minimum absolute atomic E-state index is 0.0369. The maximum atomic E-state index is 13.2. The number of carbonyl (C=O) groups is 3. The summed E-state index contributed by atoms with van der Waals surface area (Å²) in [5.41, 5.74) is 7.70. The van der Waals surface area contributed by atoms with Crippen molar-refractivity contribution in [2.75, 3.05) is 26.7 Å². The minimum atomic E-state index is -0.744. The number of piperazine rings is 1. The third-order valence-electron chi connectivity index (χ3n) is 7.02. The zero-order valence-corrected chi connectivity index (χ0v) is 18.5. The molecule has 0 saturated carbocycles. The Bertz CT molecular complexity index is 959. The standard InChI is InChI=1S/C23H30N6O3/c1-14(15-5-3-6-16(9-15)21(30)26-2)29-18-10-20(23(29)32)27(12-18)13-19(25)22(31)28-8-4-7-17(28)11-24/h3,5-6,9,14,17-20H,4,7-8,10,12-13,25H2,1-2H3,(H,26,30)/t14-,17-,18?,19-,20+/m0/s1. The number of amides is 3. The normalized spacial score (nSPS) is 26.8. The van der Waals surface area contributed by atoms with E-state index in [1.54, 1.807) is 18.0 Å². The van der Waals surface area contributed by atoms with Gasteiger partial charge in [-0.05, 0) is 43.9 Å². The molecule has 1 aromatic rings. The summed E-state index contributed by atoms with van der Waals surface area (Å²) in [6.07, 6.45) is 2.22. The van der Waals surface area contributed by atoms with Crippen LogP contribution >= 0.6 is 0 Å². The highest BCUT2D eigenvalue weighted by atomic mass is 16.2. The molecule has 3 heterocycles. The number of nitriles is 1. The number of likely N-dealkylation sites (tertiary alicyclic amines) is 3. The lowest BCUT2D eigenvalue weighted by Gasteiger charge is -2.38. The molecule has 32 heavy (non-hydrogen) atoms. The van der Waals surface area contributed by atoms with Gasteiger partial charge in [-0.25, -0.2) is 0 Å². The van der Waals surface area contributed by atoms with Gasteiger partial charge < -0.3 is 20.9 Å². The fraction of sp³-hybridized carbons (Fsp3) is 0.565. The molecule has 9 nitrogen and oxygen atoms in total. The zero-order chi connectivity index (χ0) is 23.0. The van der Waals surface area contributed by atoms with Crippen molar-refractivity contribution in [1.29, 1.82) is 5.26 Å². The van der Waals surface area contributed by atoms with E-state index in [4.69, 9.17) is 5.73 Å². The molecule has 9 heteroatoms. The Morgan fingerprint density at radius 3 is 2.84 bits per heavy atom. The third kappa shape index (κ3) is 3.85. The summed E-state index contributed by atoms with van der Waals surface area (Å²) in [5.74, 6) is -0.329. The molecule has 3 N–H and O–H groups in total. The molecule has 0 radical (unpaired) electrons. The largest absolute Gasteiger partial charge is 0.355 e. The van der Waals surface area contributed by atoms with E-state index in [0.29, 0.717) is 38.0 Å². The Morgan fingerprint density at radius 1 is 1.38 bits per heavy atom. The van der Waals surface area contributed by atoms with Crippen LogP contribution in [0.4, 0.5) is 0 Å². The lowest BCUT2D eigenvalue weighted by molar-refractivity contribution is -0.140. The van der Waals surface area contributed by atoms with Crippen molar-refractivity contribution in [3.63, 3.8) is 0 Å². The Labute approximate surface area is 188 Å². The molecule has 3 fully saturated rings. The first-order valence-corrected chi connectivity index (χ1v) is 11.2. The van der Waals surface area contributed by atoms with E-state index in [2.05, 4.69) is 11.4 Å². The second-order valence-electron chi connectivity index (χ2n) is 8.91. The van der Waals surface area contributed by atoms with Crippen molar-refractivity contribution in [1.82, 2.24) is 20.0 Å². The first-order chi connectivity index (χ1) is 15.3. The monoisotopic (exact) mass is 438 g/mol. The van der Waals surface area contributed by atoms with Gasteiger partial charge in [-0.3, -0.25) is 19.3 Å². The molecule has 1 aromatic carbocycles. The summed E-state index contributed by atoms with van der Waals surface area (Å²) in [4.78, 5) is 43.4. The summed E-state index contributed by atoms with van der Waals surface area (Å²) in [6, 6.07) is 8.00. The number of rotatable bonds is 6. The van der Waals surface area contributed by atoms with Gasteiger partial charge in [0.2, 0.25) is 11.8 Å². The molecule has 3 amide bonds. The number of fused-ring (bicyclic) bond motifs is 2. The van der Waals surface area contributed by atoms with Crippen LogP contribution < -0.4 is 11.1 Å². The van der Waals surface area contributed by atoms with Crippen LogP contribution in [0.25, 0.3) is 0 Å². The highest BCUT2D eigenvalue weighted by molar-refractivity contribution is 5.94. The molecule has 1 unspecified atom stereocenters. The van der Waals surface area contributed by atoms with E-state index in [1.165, 1.54) is 0 Å². The lowest BCUT2D eigenvalue weighted by Crippen LogP contribution is -2.56. The van der Waals surface area contributed by atoms with Crippen molar-refractivity contribution >= 4 is 17.7 Å². The van der Waals surface area contributed by atoms with Gasteiger partial charge in [0.25, 0.3) is 5.91 Å². The number of hydrogen-bond donors (Lipinski definition) is 2. The number of nitrogens with zero attached hydrogens (tertiary/aromatic N) is 4. The van der Waals surface area contributed by atoms with E-state index >= 15 is 0 Å². The van der Waals surface area contributed by atoms with Gasteiger partial charge in [0.1, 0.15) is 6.04 Å². The molecular formula is C23H30N6O3. The quantitative estimate of drug-likeness (QED) is 0.656. The second-order valence-corrected chi connectivity index (χ2v) is 8.91. The van der Waals surface area contributed by atoms with Gasteiger partial charge in [-0.15, -0.1) is 0 Å². The topological polar surface area (TPSA) is 123 Å². The van der Waals surface area contributed by atoms with Gasteiger partial charge in [-0.2, -0.15) is 5.26 Å². The summed E-state index contributed by atoms with van der Waals surface area (Å²) in [6.45, 7) is 3.53. The molecule has 0 aromatic heterocycles. The molecule has 0 aliphatic carbocycles. The van der Waals surface area contributed by atoms with Gasteiger partial charge in [-0.1, -0.05) is 12.1 Å². The van der Waals surface area contributed by atoms with Crippen LogP contribution in [0.2, 0.25) is 0 Å². The van der Waals surface area contributed by atoms with Crippen LogP contribution in [0.1, 0.15) is 48.1 Å². The molecule has 2 bridgehead atoms. The molecule has 0 spiro atoms. The van der Waals surface area contributed by atoms with Gasteiger partial charge in [0.15, 0.2) is 0 Å². The number of carbonyl (C=O) groups excluding carboxylic acids is 3. The van der Waals surface area contributed by atoms with E-state index in [-0.39, 0.29) is 35.8 Å². The molecule has 3 aliphatic heterocycles. The highest BCUT2D eigenvalue weighted by Crippen LogP contribution is 2.38. The summed E-state index contributed by atoms with van der Waals surface area (Å²) in [7, 11) is 1.59. The Hall–Kier alpha value is -2.96. The number of nitrogens with two attached hydrogens (primary N) is 1. The molecule has 3 aliphatic rings. The zero-order valence-electron chi connectivity index (χ0n) is 18.5. The fourth-order valence-electron chi connectivity index (χ4n) is 5.35. The predicted molar refractivity (Wildman–Crippen MR) is 117 cm³/mol. The van der Waals surface area contributed by atoms with E-state index in [1.807, 2.05) is 34.9 Å². The summed E-state index contributed by atoms with van der Waals surface area (Å²) >= 11 is 0. The SMILES string of the molecule is CNC(=O)c1cccc([C@H](C)N2C(=O)[C@H]3CC2CN3C[C@H](N)C(=O)N2CCC[C@H]2C#N)c1. The van der Waals surface area contributed by atoms with E-state index in [9.17, 15) is 19.6 Å². The van der Waals surface area contributed by atoms with Gasteiger partial charge in [0, 0.05) is 38.3 Å². The smallest absolute Gasteiger partial charge is 0.251 e. The van der Waals surface area contributed by atoms with Crippen LogP contribution in [-0.4, -0.2) is 83.3 Å².